The van der Waals surface area contributed by atoms with Crippen LogP contribution >= 0.6 is 11.8 Å². The van der Waals surface area contributed by atoms with E-state index in [9.17, 15) is 9.59 Å². The monoisotopic (exact) mass is 345 g/mol. The molecular formula is C19H23NO3S. The summed E-state index contributed by atoms with van der Waals surface area (Å²) in [5, 5.41) is 0. The summed E-state index contributed by atoms with van der Waals surface area (Å²) in [6, 6.07) is 7.86. The third-order valence-corrected chi connectivity index (χ3v) is 5.42. The molecule has 0 aromatic heterocycles. The van der Waals surface area contributed by atoms with Gasteiger partial charge in [0, 0.05) is 23.5 Å². The Hall–Kier alpha value is -1.75. The number of rotatable bonds is 5. The number of benzene rings is 1. The first-order chi connectivity index (χ1) is 11.7. The largest absolute Gasteiger partial charge is 0.465 e. The van der Waals surface area contributed by atoms with Crippen LogP contribution in [0.15, 0.2) is 41.3 Å². The van der Waals surface area contributed by atoms with Crippen LogP contribution in [0, 0.1) is 11.8 Å². The van der Waals surface area contributed by atoms with Crippen LogP contribution in [0.5, 0.6) is 0 Å². The first-order valence-corrected chi connectivity index (χ1v) is 9.66. The van der Waals surface area contributed by atoms with Crippen LogP contribution in [0.1, 0.15) is 25.7 Å². The molecule has 1 saturated heterocycles. The highest BCUT2D eigenvalue weighted by atomic mass is 32.2. The molecule has 0 N–H and O–H groups in total. The number of esters is 1. The summed E-state index contributed by atoms with van der Waals surface area (Å²) in [5.74, 6) is -0.168. The average Bonchev–Trinajstić information content (AvgIpc) is 3.02. The molecule has 5 heteroatoms. The van der Waals surface area contributed by atoms with Crippen molar-refractivity contribution in [3.63, 3.8) is 0 Å². The van der Waals surface area contributed by atoms with Gasteiger partial charge >= 0.3 is 5.97 Å². The molecule has 3 rings (SSSR count). The van der Waals surface area contributed by atoms with Crippen LogP contribution in [0.4, 0.5) is 5.69 Å². The Morgan fingerprint density at radius 2 is 2.08 bits per heavy atom. The minimum absolute atomic E-state index is 0.00514. The fraction of sp³-hybridized carbons (Fsp3) is 0.474. The van der Waals surface area contributed by atoms with Crippen molar-refractivity contribution in [3.05, 3.63) is 36.4 Å². The summed E-state index contributed by atoms with van der Waals surface area (Å²) in [6.07, 6.45) is 9.70. The van der Waals surface area contributed by atoms with E-state index in [4.69, 9.17) is 4.74 Å². The van der Waals surface area contributed by atoms with Gasteiger partial charge in [0.25, 0.3) is 0 Å². The van der Waals surface area contributed by atoms with Gasteiger partial charge in [0.15, 0.2) is 0 Å². The fourth-order valence-corrected chi connectivity index (χ4v) is 3.61. The molecule has 1 aliphatic carbocycles. The van der Waals surface area contributed by atoms with Crippen LogP contribution in [-0.4, -0.2) is 31.3 Å². The Balaban J connectivity index is 1.55. The highest BCUT2D eigenvalue weighted by molar-refractivity contribution is 7.98. The molecule has 1 amide bonds. The lowest BCUT2D eigenvalue weighted by atomic mass is 9.95. The van der Waals surface area contributed by atoms with E-state index in [1.807, 2.05) is 30.5 Å². The van der Waals surface area contributed by atoms with E-state index >= 15 is 0 Å². The molecule has 1 fully saturated rings. The first-order valence-electron chi connectivity index (χ1n) is 8.43. The second kappa shape index (κ2) is 7.88. The molecule has 24 heavy (non-hydrogen) atoms. The fourth-order valence-electron chi connectivity index (χ4n) is 3.20. The van der Waals surface area contributed by atoms with E-state index < -0.39 is 0 Å². The van der Waals surface area contributed by atoms with Crippen molar-refractivity contribution in [1.29, 1.82) is 0 Å². The van der Waals surface area contributed by atoms with Gasteiger partial charge in [0.2, 0.25) is 5.91 Å². The predicted octanol–water partition coefficient (Wildman–Crippen LogP) is 3.66. The highest BCUT2D eigenvalue weighted by Crippen LogP contribution is 2.28. The lowest BCUT2D eigenvalue weighted by Gasteiger charge is -2.19. The van der Waals surface area contributed by atoms with E-state index in [0.29, 0.717) is 19.1 Å². The van der Waals surface area contributed by atoms with Crippen molar-refractivity contribution in [3.8, 4) is 0 Å². The lowest BCUT2D eigenvalue weighted by Crippen LogP contribution is -2.27. The van der Waals surface area contributed by atoms with E-state index in [1.165, 1.54) is 0 Å². The van der Waals surface area contributed by atoms with Gasteiger partial charge in [-0.25, -0.2) is 0 Å². The van der Waals surface area contributed by atoms with Crippen LogP contribution in [0.3, 0.4) is 0 Å². The smallest absolute Gasteiger partial charge is 0.311 e. The molecule has 1 aliphatic heterocycles. The zero-order valence-corrected chi connectivity index (χ0v) is 14.8. The molecule has 0 bridgehead atoms. The maximum Gasteiger partial charge on any atom is 0.311 e. The summed E-state index contributed by atoms with van der Waals surface area (Å²) in [4.78, 5) is 27.4. The Bertz CT molecular complexity index is 626. The molecule has 0 radical (unpaired) electrons. The maximum absolute atomic E-state index is 12.3. The molecule has 2 aliphatic rings. The normalized spacial score (nSPS) is 23.5. The molecule has 1 aromatic carbocycles. The molecule has 2 atom stereocenters. The van der Waals surface area contributed by atoms with E-state index in [0.717, 1.165) is 29.8 Å². The van der Waals surface area contributed by atoms with Crippen LogP contribution in [-0.2, 0) is 14.3 Å². The van der Waals surface area contributed by atoms with Gasteiger partial charge in [0.1, 0.15) is 0 Å². The molecule has 128 valence electrons. The Labute approximate surface area is 147 Å². The third-order valence-electron chi connectivity index (χ3n) is 4.68. The standard InChI is InChI=1S/C19H23NO3S/c1-24-17-9-7-16(8-10-17)20-12-15(11-18(20)21)19(22)23-13-14-5-3-2-4-6-14/h2-3,7-10,14-15H,4-6,11-13H2,1H3. The predicted molar refractivity (Wildman–Crippen MR) is 96.1 cm³/mol. The number of thioether (sulfide) groups is 1. The van der Waals surface area contributed by atoms with Gasteiger partial charge in [-0.05, 0) is 55.7 Å². The highest BCUT2D eigenvalue weighted by Gasteiger charge is 2.36. The Morgan fingerprint density at radius 1 is 1.29 bits per heavy atom. The zero-order valence-electron chi connectivity index (χ0n) is 13.9. The number of ether oxygens (including phenoxy) is 1. The molecule has 2 unspecified atom stereocenters. The van der Waals surface area contributed by atoms with Crippen molar-refractivity contribution < 1.29 is 14.3 Å². The van der Waals surface area contributed by atoms with Gasteiger partial charge in [-0.1, -0.05) is 12.2 Å². The van der Waals surface area contributed by atoms with E-state index in [1.54, 1.807) is 16.7 Å². The zero-order chi connectivity index (χ0) is 16.9. The van der Waals surface area contributed by atoms with Crippen molar-refractivity contribution in [1.82, 2.24) is 0 Å². The number of anilines is 1. The van der Waals surface area contributed by atoms with Crippen LogP contribution in [0.2, 0.25) is 0 Å². The second-order valence-electron chi connectivity index (χ2n) is 6.38. The summed E-state index contributed by atoms with van der Waals surface area (Å²) in [6.45, 7) is 0.886. The van der Waals surface area contributed by atoms with Crippen molar-refractivity contribution in [2.24, 2.45) is 11.8 Å². The SMILES string of the molecule is CSc1ccc(N2CC(C(=O)OCC3CC=CCC3)CC2=O)cc1. The van der Waals surface area contributed by atoms with E-state index in [-0.39, 0.29) is 24.2 Å². The van der Waals surface area contributed by atoms with Crippen molar-refractivity contribution in [2.75, 3.05) is 24.3 Å². The molecule has 1 aromatic rings. The van der Waals surface area contributed by atoms with Crippen LogP contribution in [0.25, 0.3) is 0 Å². The topological polar surface area (TPSA) is 46.6 Å². The number of hydrogen-bond acceptors (Lipinski definition) is 4. The summed E-state index contributed by atoms with van der Waals surface area (Å²) >= 11 is 1.66. The minimum atomic E-state index is -0.350. The van der Waals surface area contributed by atoms with Crippen molar-refractivity contribution in [2.45, 2.75) is 30.6 Å². The second-order valence-corrected chi connectivity index (χ2v) is 7.26. The number of amides is 1. The summed E-state index contributed by atoms with van der Waals surface area (Å²) in [5.41, 5.74) is 0.852. The number of carbonyl (C=O) groups excluding carboxylic acids is 2. The molecule has 4 nitrogen and oxygen atoms in total. The lowest BCUT2D eigenvalue weighted by molar-refractivity contribution is -0.149. The number of nitrogens with zero attached hydrogens (tertiary/aromatic N) is 1. The molecule has 0 saturated carbocycles. The Kier molecular flexibility index (Phi) is 5.61. The number of allylic oxidation sites excluding steroid dienone is 2. The quantitative estimate of drug-likeness (QED) is 0.464. The molecule has 0 spiro atoms. The first kappa shape index (κ1) is 17.1. The van der Waals surface area contributed by atoms with Gasteiger partial charge in [-0.3, -0.25) is 9.59 Å². The molecule has 1 heterocycles. The molecular weight excluding hydrogens is 322 g/mol. The van der Waals surface area contributed by atoms with Gasteiger partial charge in [-0.15, -0.1) is 11.8 Å². The maximum atomic E-state index is 12.3. The summed E-state index contributed by atoms with van der Waals surface area (Å²) in [7, 11) is 0. The van der Waals surface area contributed by atoms with Crippen LogP contribution < -0.4 is 4.90 Å². The van der Waals surface area contributed by atoms with Gasteiger partial charge < -0.3 is 9.64 Å². The summed E-state index contributed by atoms with van der Waals surface area (Å²) < 4.78 is 5.48. The van der Waals surface area contributed by atoms with Crippen molar-refractivity contribution >= 4 is 29.3 Å². The van der Waals surface area contributed by atoms with E-state index in [2.05, 4.69) is 12.2 Å². The average molecular weight is 345 g/mol. The third kappa shape index (κ3) is 4.01. The Morgan fingerprint density at radius 3 is 2.75 bits per heavy atom. The number of carbonyl (C=O) groups is 2. The minimum Gasteiger partial charge on any atom is -0.465 e. The van der Waals surface area contributed by atoms with Gasteiger partial charge in [-0.2, -0.15) is 0 Å². The number of hydrogen-bond donors (Lipinski definition) is 0. The van der Waals surface area contributed by atoms with Gasteiger partial charge in [0.05, 0.1) is 12.5 Å².